The van der Waals surface area contributed by atoms with Gasteiger partial charge in [0.15, 0.2) is 0 Å². The van der Waals surface area contributed by atoms with E-state index in [2.05, 4.69) is 10.5 Å². The molecule has 0 unspecified atom stereocenters. The molecule has 2 amide bonds. The van der Waals surface area contributed by atoms with Crippen molar-refractivity contribution in [3.8, 4) is 0 Å². The van der Waals surface area contributed by atoms with E-state index in [9.17, 15) is 14.7 Å². The van der Waals surface area contributed by atoms with Crippen molar-refractivity contribution in [1.82, 2.24) is 15.4 Å². The molecule has 3 atom stereocenters. The lowest BCUT2D eigenvalue weighted by atomic mass is 9.70. The topological polar surface area (TPSA) is 95.7 Å². The Balaban J connectivity index is 1.53. The van der Waals surface area contributed by atoms with Crippen LogP contribution in [0.25, 0.3) is 0 Å². The van der Waals surface area contributed by atoms with Gasteiger partial charge in [0.25, 0.3) is 5.91 Å². The monoisotopic (exact) mass is 369 g/mol. The van der Waals surface area contributed by atoms with Crippen LogP contribution in [-0.2, 0) is 4.79 Å². The van der Waals surface area contributed by atoms with Crippen molar-refractivity contribution in [1.29, 1.82) is 0 Å². The number of aryl methyl sites for hydroxylation is 1. The van der Waals surface area contributed by atoms with E-state index in [1.54, 1.807) is 17.9 Å². The van der Waals surface area contributed by atoms with Crippen molar-refractivity contribution >= 4 is 11.8 Å². The van der Waals surface area contributed by atoms with Crippen LogP contribution in [-0.4, -0.2) is 46.2 Å². The summed E-state index contributed by atoms with van der Waals surface area (Å²) in [6.07, 6.45) is 0.983. The zero-order valence-corrected chi connectivity index (χ0v) is 15.2. The molecule has 2 saturated heterocycles. The summed E-state index contributed by atoms with van der Waals surface area (Å²) in [6, 6.07) is 10.7. The fourth-order valence-electron chi connectivity index (χ4n) is 4.24. The number of aliphatic hydroxyl groups excluding tert-OH is 1. The first kappa shape index (κ1) is 17.7. The van der Waals surface area contributed by atoms with Crippen molar-refractivity contribution in [2.24, 2.45) is 5.41 Å². The fraction of sp³-hybridized carbons (Fsp3) is 0.450. The molecule has 2 aromatic rings. The molecule has 1 spiro atoms. The lowest BCUT2D eigenvalue weighted by Gasteiger charge is -2.47. The Bertz CT molecular complexity index is 850. The number of carbonyl (C=O) groups is 2. The number of hydrogen-bond donors (Lipinski definition) is 2. The smallest absolute Gasteiger partial charge is 0.292 e. The number of hydrogen-bond acceptors (Lipinski definition) is 5. The second-order valence-electron chi connectivity index (χ2n) is 7.58. The van der Waals surface area contributed by atoms with Crippen molar-refractivity contribution in [2.75, 3.05) is 13.1 Å². The first-order chi connectivity index (χ1) is 13.0. The molecule has 3 heterocycles. The standard InChI is InChI=1S/C20H23N3O4/c1-13-10-16(27-22-13)18(25)23-9-5-8-20(12-23)11-15(24)17(21-19(20)26)14-6-3-2-4-7-14/h2-4,6-7,10,15,17,24H,5,8-9,11-12H2,1H3,(H,21,26)/t15-,17+,20+/m1/s1. The van der Waals surface area contributed by atoms with Crippen LogP contribution in [0.2, 0.25) is 0 Å². The highest BCUT2D eigenvalue weighted by Crippen LogP contribution is 2.41. The third-order valence-electron chi connectivity index (χ3n) is 5.61. The highest BCUT2D eigenvalue weighted by atomic mass is 16.5. The molecule has 2 aliphatic heterocycles. The van der Waals surface area contributed by atoms with Crippen LogP contribution in [0, 0.1) is 12.3 Å². The molecule has 27 heavy (non-hydrogen) atoms. The predicted octanol–water partition coefficient (Wildman–Crippen LogP) is 1.83. The predicted molar refractivity (Wildman–Crippen MR) is 96.8 cm³/mol. The van der Waals surface area contributed by atoms with Gasteiger partial charge in [-0.25, -0.2) is 0 Å². The molecule has 7 heteroatoms. The molecule has 2 aliphatic rings. The maximum Gasteiger partial charge on any atom is 0.292 e. The Kier molecular flexibility index (Phi) is 4.47. The largest absolute Gasteiger partial charge is 0.391 e. The summed E-state index contributed by atoms with van der Waals surface area (Å²) < 4.78 is 5.09. The summed E-state index contributed by atoms with van der Waals surface area (Å²) in [7, 11) is 0. The summed E-state index contributed by atoms with van der Waals surface area (Å²) in [5.74, 6) is -0.182. The van der Waals surface area contributed by atoms with Gasteiger partial charge >= 0.3 is 0 Å². The van der Waals surface area contributed by atoms with Crippen LogP contribution in [0.5, 0.6) is 0 Å². The number of likely N-dealkylation sites (tertiary alicyclic amines) is 1. The fourth-order valence-corrected chi connectivity index (χ4v) is 4.24. The molecule has 0 saturated carbocycles. The highest BCUT2D eigenvalue weighted by molar-refractivity contribution is 5.92. The number of piperidine rings is 2. The number of carbonyl (C=O) groups excluding carboxylic acids is 2. The quantitative estimate of drug-likeness (QED) is 0.842. The second-order valence-corrected chi connectivity index (χ2v) is 7.58. The average Bonchev–Trinajstić information content (AvgIpc) is 3.11. The third-order valence-corrected chi connectivity index (χ3v) is 5.61. The van der Waals surface area contributed by atoms with E-state index >= 15 is 0 Å². The highest BCUT2D eigenvalue weighted by Gasteiger charge is 2.50. The van der Waals surface area contributed by atoms with E-state index in [-0.39, 0.29) is 24.1 Å². The molecule has 1 aromatic carbocycles. The Morgan fingerprint density at radius 2 is 2.15 bits per heavy atom. The van der Waals surface area contributed by atoms with Gasteiger partial charge in [0, 0.05) is 19.2 Å². The van der Waals surface area contributed by atoms with Crippen molar-refractivity contribution < 1.29 is 19.2 Å². The molecule has 4 rings (SSSR count). The maximum atomic E-state index is 13.0. The van der Waals surface area contributed by atoms with Gasteiger partial charge in [-0.2, -0.15) is 0 Å². The Morgan fingerprint density at radius 1 is 1.37 bits per heavy atom. The summed E-state index contributed by atoms with van der Waals surface area (Å²) in [5.41, 5.74) is 0.754. The van der Waals surface area contributed by atoms with Gasteiger partial charge in [-0.1, -0.05) is 35.5 Å². The van der Waals surface area contributed by atoms with Gasteiger partial charge in [0.1, 0.15) is 0 Å². The van der Waals surface area contributed by atoms with E-state index in [1.165, 1.54) is 0 Å². The van der Waals surface area contributed by atoms with Crippen LogP contribution in [0.15, 0.2) is 40.9 Å². The summed E-state index contributed by atoms with van der Waals surface area (Å²) >= 11 is 0. The number of aromatic nitrogens is 1. The molecular formula is C20H23N3O4. The first-order valence-electron chi connectivity index (χ1n) is 9.25. The van der Waals surface area contributed by atoms with Crippen molar-refractivity contribution in [3.63, 3.8) is 0 Å². The Hall–Kier alpha value is -2.67. The molecule has 0 aliphatic carbocycles. The van der Waals surface area contributed by atoms with Crippen LogP contribution >= 0.6 is 0 Å². The van der Waals surface area contributed by atoms with Gasteiger partial charge in [-0.3, -0.25) is 9.59 Å². The minimum Gasteiger partial charge on any atom is -0.391 e. The molecular weight excluding hydrogens is 346 g/mol. The zero-order valence-electron chi connectivity index (χ0n) is 15.2. The SMILES string of the molecule is Cc1cc(C(=O)N2CCC[C@]3(C[C@@H](O)[C@H](c4ccccc4)NC3=O)C2)on1. The van der Waals surface area contributed by atoms with E-state index in [1.807, 2.05) is 30.3 Å². The molecule has 7 nitrogen and oxygen atoms in total. The molecule has 0 radical (unpaired) electrons. The van der Waals surface area contributed by atoms with Gasteiger partial charge < -0.3 is 19.8 Å². The van der Waals surface area contributed by atoms with Crippen LogP contribution in [0.1, 0.15) is 47.1 Å². The number of benzene rings is 1. The molecule has 142 valence electrons. The van der Waals surface area contributed by atoms with Gasteiger partial charge in [0.05, 0.1) is 23.3 Å². The van der Waals surface area contributed by atoms with E-state index < -0.39 is 17.6 Å². The molecule has 1 aromatic heterocycles. The second kappa shape index (κ2) is 6.81. The Morgan fingerprint density at radius 3 is 2.85 bits per heavy atom. The summed E-state index contributed by atoms with van der Waals surface area (Å²) in [6.45, 7) is 2.59. The van der Waals surface area contributed by atoms with E-state index in [4.69, 9.17) is 4.52 Å². The van der Waals surface area contributed by atoms with Crippen molar-refractivity contribution in [3.05, 3.63) is 53.4 Å². The van der Waals surface area contributed by atoms with E-state index in [0.29, 0.717) is 31.5 Å². The number of rotatable bonds is 2. The summed E-state index contributed by atoms with van der Waals surface area (Å²) in [4.78, 5) is 27.4. The van der Waals surface area contributed by atoms with E-state index in [0.717, 1.165) is 5.56 Å². The van der Waals surface area contributed by atoms with Crippen LogP contribution < -0.4 is 5.32 Å². The maximum absolute atomic E-state index is 13.0. The number of nitrogens with one attached hydrogen (secondary N) is 1. The lowest BCUT2D eigenvalue weighted by Crippen LogP contribution is -2.60. The first-order valence-corrected chi connectivity index (χ1v) is 9.25. The third kappa shape index (κ3) is 3.23. The number of nitrogens with zero attached hydrogens (tertiary/aromatic N) is 2. The molecule has 2 N–H and O–H groups in total. The normalized spacial score (nSPS) is 28.2. The molecule has 2 fully saturated rings. The van der Waals surface area contributed by atoms with Gasteiger partial charge in [0.2, 0.25) is 11.7 Å². The number of amides is 2. The number of aliphatic hydroxyl groups is 1. The van der Waals surface area contributed by atoms with Gasteiger partial charge in [-0.05, 0) is 31.7 Å². The molecule has 0 bridgehead atoms. The van der Waals surface area contributed by atoms with Crippen LogP contribution in [0.4, 0.5) is 0 Å². The Labute approximate surface area is 157 Å². The minimum atomic E-state index is -0.770. The van der Waals surface area contributed by atoms with Crippen molar-refractivity contribution in [2.45, 2.75) is 38.3 Å². The summed E-state index contributed by atoms with van der Waals surface area (Å²) in [5, 5.41) is 17.5. The minimum absolute atomic E-state index is 0.104. The zero-order chi connectivity index (χ0) is 19.0. The average molecular weight is 369 g/mol. The lowest BCUT2D eigenvalue weighted by molar-refractivity contribution is -0.144. The van der Waals surface area contributed by atoms with Gasteiger partial charge in [-0.15, -0.1) is 0 Å². The van der Waals surface area contributed by atoms with Crippen LogP contribution in [0.3, 0.4) is 0 Å².